The first-order valence-electron chi connectivity index (χ1n) is 8.40. The number of aromatic nitrogens is 2. The monoisotopic (exact) mass is 348 g/mol. The molecule has 1 atom stereocenters. The van der Waals surface area contributed by atoms with Crippen LogP contribution in [0.3, 0.4) is 0 Å². The number of carbonyl (C=O) groups is 1. The Labute approximate surface area is 146 Å². The number of rotatable bonds is 4. The van der Waals surface area contributed by atoms with Gasteiger partial charge in [0, 0.05) is 13.1 Å². The molecular weight excluding hydrogens is 324 g/mol. The predicted octanol–water partition coefficient (Wildman–Crippen LogP) is 3.31. The van der Waals surface area contributed by atoms with Gasteiger partial charge >= 0.3 is 12.1 Å². The SMILES string of the molecule is Cc1ccoc1CNc1nnc(C2CCN(C(=O)OC(C)(C)C)C2)o1. The zero-order chi connectivity index (χ0) is 18.0. The maximum absolute atomic E-state index is 12.1. The van der Waals surface area contributed by atoms with E-state index >= 15 is 0 Å². The third-order valence-electron chi connectivity index (χ3n) is 4.00. The van der Waals surface area contributed by atoms with Crippen LogP contribution in [0, 0.1) is 6.92 Å². The number of nitrogens with one attached hydrogen (secondary N) is 1. The van der Waals surface area contributed by atoms with Crippen LogP contribution >= 0.6 is 0 Å². The summed E-state index contributed by atoms with van der Waals surface area (Å²) in [6.45, 7) is 9.17. The molecule has 1 amide bonds. The molecular formula is C17H24N4O4. The largest absolute Gasteiger partial charge is 0.467 e. The number of furan rings is 1. The van der Waals surface area contributed by atoms with Crippen LogP contribution < -0.4 is 5.32 Å². The van der Waals surface area contributed by atoms with Gasteiger partial charge in [0.15, 0.2) is 0 Å². The average molecular weight is 348 g/mol. The Balaban J connectivity index is 1.54. The van der Waals surface area contributed by atoms with Gasteiger partial charge in [-0.25, -0.2) is 4.79 Å². The highest BCUT2D eigenvalue weighted by atomic mass is 16.6. The van der Waals surface area contributed by atoms with E-state index in [1.807, 2.05) is 33.8 Å². The van der Waals surface area contributed by atoms with E-state index in [0.29, 0.717) is 31.5 Å². The van der Waals surface area contributed by atoms with Crippen LogP contribution in [0.15, 0.2) is 21.2 Å². The molecule has 3 heterocycles. The van der Waals surface area contributed by atoms with E-state index in [4.69, 9.17) is 13.6 Å². The number of hydrogen-bond donors (Lipinski definition) is 1. The van der Waals surface area contributed by atoms with Crippen molar-refractivity contribution in [3.8, 4) is 0 Å². The molecule has 0 bridgehead atoms. The molecule has 0 aliphatic carbocycles. The second kappa shape index (κ2) is 6.78. The Morgan fingerprint density at radius 3 is 2.92 bits per heavy atom. The molecule has 0 saturated carbocycles. The molecule has 136 valence electrons. The summed E-state index contributed by atoms with van der Waals surface area (Å²) < 4.78 is 16.4. The summed E-state index contributed by atoms with van der Waals surface area (Å²) in [5.41, 5.74) is 0.566. The van der Waals surface area contributed by atoms with Crippen molar-refractivity contribution in [1.82, 2.24) is 15.1 Å². The fraction of sp³-hybridized carbons (Fsp3) is 0.588. The lowest BCUT2D eigenvalue weighted by molar-refractivity contribution is 0.0291. The molecule has 0 aromatic carbocycles. The third kappa shape index (κ3) is 4.32. The van der Waals surface area contributed by atoms with Crippen molar-refractivity contribution >= 4 is 12.1 Å². The average Bonchev–Trinajstić information content (AvgIpc) is 3.23. The van der Waals surface area contributed by atoms with Gasteiger partial charge in [-0.05, 0) is 45.7 Å². The number of likely N-dealkylation sites (tertiary alicyclic amines) is 1. The second-order valence-electron chi connectivity index (χ2n) is 7.24. The Morgan fingerprint density at radius 1 is 1.44 bits per heavy atom. The van der Waals surface area contributed by atoms with E-state index in [9.17, 15) is 4.79 Å². The fourth-order valence-electron chi connectivity index (χ4n) is 2.67. The van der Waals surface area contributed by atoms with Crippen molar-refractivity contribution in [2.75, 3.05) is 18.4 Å². The molecule has 1 N–H and O–H groups in total. The molecule has 2 aromatic heterocycles. The normalized spacial score (nSPS) is 17.8. The Hall–Kier alpha value is -2.51. The lowest BCUT2D eigenvalue weighted by Crippen LogP contribution is -2.35. The highest BCUT2D eigenvalue weighted by molar-refractivity contribution is 5.68. The number of aryl methyl sites for hydroxylation is 1. The van der Waals surface area contributed by atoms with Crippen LogP contribution in [0.5, 0.6) is 0 Å². The van der Waals surface area contributed by atoms with Crippen LogP contribution in [0.4, 0.5) is 10.8 Å². The molecule has 25 heavy (non-hydrogen) atoms. The summed E-state index contributed by atoms with van der Waals surface area (Å²) in [5.74, 6) is 1.39. The smallest absolute Gasteiger partial charge is 0.410 e. The topological polar surface area (TPSA) is 93.6 Å². The van der Waals surface area contributed by atoms with Gasteiger partial charge < -0.3 is 23.8 Å². The fourth-order valence-corrected chi connectivity index (χ4v) is 2.67. The number of amides is 1. The molecule has 0 spiro atoms. The van der Waals surface area contributed by atoms with Crippen LogP contribution in [0.2, 0.25) is 0 Å². The standard InChI is InChI=1S/C17H24N4O4/c1-11-6-8-23-13(11)9-18-15-20-19-14(24-15)12-5-7-21(10-12)16(22)25-17(2,3)4/h6,8,12H,5,7,9-10H2,1-4H3,(H,18,20). The maximum Gasteiger partial charge on any atom is 0.410 e. The molecule has 8 heteroatoms. The number of carbonyl (C=O) groups excluding carboxylic acids is 1. The molecule has 0 radical (unpaired) electrons. The minimum atomic E-state index is -0.499. The van der Waals surface area contributed by atoms with Gasteiger partial charge in [0.05, 0.1) is 18.7 Å². The van der Waals surface area contributed by atoms with Gasteiger partial charge in [-0.1, -0.05) is 5.10 Å². The molecule has 3 rings (SSSR count). The van der Waals surface area contributed by atoms with E-state index < -0.39 is 5.60 Å². The van der Waals surface area contributed by atoms with Gasteiger partial charge in [0.2, 0.25) is 5.89 Å². The Kier molecular flexibility index (Phi) is 4.69. The van der Waals surface area contributed by atoms with Crippen molar-refractivity contribution in [3.05, 3.63) is 29.5 Å². The Bertz CT molecular complexity index is 731. The van der Waals surface area contributed by atoms with Crippen molar-refractivity contribution in [1.29, 1.82) is 0 Å². The van der Waals surface area contributed by atoms with Crippen LogP contribution in [0.1, 0.15) is 50.3 Å². The number of hydrogen-bond acceptors (Lipinski definition) is 7. The quantitative estimate of drug-likeness (QED) is 0.906. The van der Waals surface area contributed by atoms with Gasteiger partial charge in [-0.2, -0.15) is 0 Å². The van der Waals surface area contributed by atoms with Gasteiger partial charge in [-0.15, -0.1) is 5.10 Å². The van der Waals surface area contributed by atoms with E-state index in [0.717, 1.165) is 17.7 Å². The highest BCUT2D eigenvalue weighted by Gasteiger charge is 2.33. The predicted molar refractivity (Wildman–Crippen MR) is 90.2 cm³/mol. The molecule has 1 fully saturated rings. The minimum absolute atomic E-state index is 0.0286. The van der Waals surface area contributed by atoms with Crippen LogP contribution in [-0.4, -0.2) is 39.9 Å². The summed E-state index contributed by atoms with van der Waals surface area (Å²) in [5, 5.41) is 11.2. The molecule has 1 aliphatic rings. The lowest BCUT2D eigenvalue weighted by Gasteiger charge is -2.24. The molecule has 2 aromatic rings. The lowest BCUT2D eigenvalue weighted by atomic mass is 10.1. The minimum Gasteiger partial charge on any atom is -0.467 e. The highest BCUT2D eigenvalue weighted by Crippen LogP contribution is 2.28. The molecule has 1 saturated heterocycles. The zero-order valence-corrected chi connectivity index (χ0v) is 15.0. The molecule has 1 aliphatic heterocycles. The first-order valence-corrected chi connectivity index (χ1v) is 8.40. The van der Waals surface area contributed by atoms with Gasteiger partial charge in [-0.3, -0.25) is 0 Å². The summed E-state index contributed by atoms with van der Waals surface area (Å²) in [4.78, 5) is 13.8. The maximum atomic E-state index is 12.1. The Morgan fingerprint density at radius 2 is 2.24 bits per heavy atom. The van der Waals surface area contributed by atoms with Crippen molar-refractivity contribution in [2.24, 2.45) is 0 Å². The van der Waals surface area contributed by atoms with Crippen LogP contribution in [-0.2, 0) is 11.3 Å². The summed E-state index contributed by atoms with van der Waals surface area (Å²) in [6, 6.07) is 2.25. The van der Waals surface area contributed by atoms with E-state index in [1.54, 1.807) is 11.2 Å². The van der Waals surface area contributed by atoms with Crippen molar-refractivity contribution in [3.63, 3.8) is 0 Å². The van der Waals surface area contributed by atoms with E-state index in [-0.39, 0.29) is 12.0 Å². The second-order valence-corrected chi connectivity index (χ2v) is 7.24. The first kappa shape index (κ1) is 17.3. The molecule has 1 unspecified atom stereocenters. The molecule has 8 nitrogen and oxygen atoms in total. The number of ether oxygens (including phenoxy) is 1. The summed E-state index contributed by atoms with van der Waals surface area (Å²) >= 11 is 0. The van der Waals surface area contributed by atoms with Gasteiger partial charge in [0.25, 0.3) is 0 Å². The summed E-state index contributed by atoms with van der Waals surface area (Å²) in [7, 11) is 0. The number of anilines is 1. The van der Waals surface area contributed by atoms with E-state index in [2.05, 4.69) is 15.5 Å². The summed E-state index contributed by atoms with van der Waals surface area (Å²) in [6.07, 6.45) is 2.12. The van der Waals surface area contributed by atoms with Crippen molar-refractivity contribution < 1.29 is 18.4 Å². The van der Waals surface area contributed by atoms with E-state index in [1.165, 1.54) is 0 Å². The number of nitrogens with zero attached hydrogens (tertiary/aromatic N) is 3. The first-order chi connectivity index (χ1) is 11.8. The van der Waals surface area contributed by atoms with Crippen molar-refractivity contribution in [2.45, 2.75) is 52.2 Å². The van der Waals surface area contributed by atoms with Crippen LogP contribution in [0.25, 0.3) is 0 Å². The zero-order valence-electron chi connectivity index (χ0n) is 15.0. The third-order valence-corrected chi connectivity index (χ3v) is 4.00. The van der Waals surface area contributed by atoms with Gasteiger partial charge in [0.1, 0.15) is 11.4 Å².